The highest BCUT2D eigenvalue weighted by Gasteiger charge is 2.26. The minimum Gasteiger partial charge on any atom is -0.382 e. The van der Waals surface area contributed by atoms with E-state index in [-0.39, 0.29) is 0 Å². The lowest BCUT2D eigenvalue weighted by atomic mass is 10.1. The Morgan fingerprint density at radius 2 is 2.29 bits per heavy atom. The summed E-state index contributed by atoms with van der Waals surface area (Å²) in [5.74, 6) is 1.10. The molecule has 0 aromatic heterocycles. The van der Waals surface area contributed by atoms with Crippen molar-refractivity contribution >= 4 is 11.9 Å². The fraction of sp³-hybridized carbons (Fsp3) is 0.778. The van der Waals surface area contributed by atoms with Crippen LogP contribution in [0.2, 0.25) is 0 Å². The highest BCUT2D eigenvalue weighted by atomic mass is 16.5. The van der Waals surface area contributed by atoms with Gasteiger partial charge in [-0.15, -0.1) is 6.58 Å². The van der Waals surface area contributed by atoms with Gasteiger partial charge in [0.15, 0.2) is 5.96 Å². The molecule has 0 saturated carbocycles. The third kappa shape index (κ3) is 7.81. The summed E-state index contributed by atoms with van der Waals surface area (Å²) in [4.78, 5) is 18.5. The fourth-order valence-electron chi connectivity index (χ4n) is 2.84. The van der Waals surface area contributed by atoms with Crippen LogP contribution in [0.15, 0.2) is 17.6 Å². The van der Waals surface area contributed by atoms with E-state index in [1.54, 1.807) is 0 Å². The van der Waals surface area contributed by atoms with E-state index in [0.717, 1.165) is 64.5 Å². The Labute approximate surface area is 146 Å². The van der Waals surface area contributed by atoms with Crippen molar-refractivity contribution in [3.63, 3.8) is 0 Å². The summed E-state index contributed by atoms with van der Waals surface area (Å²) in [7, 11) is 0. The highest BCUT2D eigenvalue weighted by Crippen LogP contribution is 2.17. The number of carbonyl (C=O) groups excluding carboxylic acids is 1. The van der Waals surface area contributed by atoms with Gasteiger partial charge in [0.05, 0.1) is 0 Å². The molecule has 138 valence electrons. The molecule has 0 aliphatic carbocycles. The summed E-state index contributed by atoms with van der Waals surface area (Å²) in [6.07, 6.45) is 6.36. The van der Waals surface area contributed by atoms with Crippen molar-refractivity contribution in [1.29, 1.82) is 0 Å². The molecule has 1 amide bonds. The molecule has 1 atom stereocenters. The van der Waals surface area contributed by atoms with Crippen molar-refractivity contribution in [3.05, 3.63) is 12.7 Å². The van der Waals surface area contributed by atoms with Gasteiger partial charge in [-0.25, -0.2) is 0 Å². The molecule has 0 radical (unpaired) electrons. The molecule has 6 nitrogen and oxygen atoms in total. The molecule has 0 bridgehead atoms. The Kier molecular flexibility index (Phi) is 10.9. The molecule has 24 heavy (non-hydrogen) atoms. The van der Waals surface area contributed by atoms with Crippen LogP contribution in [-0.2, 0) is 9.53 Å². The van der Waals surface area contributed by atoms with Gasteiger partial charge in [-0.1, -0.05) is 13.0 Å². The summed E-state index contributed by atoms with van der Waals surface area (Å²) in [6.45, 7) is 12.5. The fourth-order valence-corrected chi connectivity index (χ4v) is 2.84. The quantitative estimate of drug-likeness (QED) is 0.247. The SMILES string of the molecule is C=CCNC(=NCCCOCC)NCC[C@H](CC)N1CCCC1=O. The topological polar surface area (TPSA) is 66.0 Å². The minimum absolute atomic E-state index is 0.302. The molecule has 0 spiro atoms. The Hall–Kier alpha value is -1.56. The van der Waals surface area contributed by atoms with Gasteiger partial charge in [0.2, 0.25) is 5.91 Å². The van der Waals surface area contributed by atoms with Crippen molar-refractivity contribution in [2.24, 2.45) is 4.99 Å². The first-order chi connectivity index (χ1) is 11.7. The highest BCUT2D eigenvalue weighted by molar-refractivity contribution is 5.80. The van der Waals surface area contributed by atoms with Crippen LogP contribution in [0.5, 0.6) is 0 Å². The van der Waals surface area contributed by atoms with Crippen molar-refractivity contribution in [2.75, 3.05) is 39.4 Å². The first kappa shape index (κ1) is 20.5. The number of rotatable bonds is 12. The van der Waals surface area contributed by atoms with Crippen LogP contribution in [0.3, 0.4) is 0 Å². The van der Waals surface area contributed by atoms with Gasteiger partial charge in [0, 0.05) is 51.9 Å². The lowest BCUT2D eigenvalue weighted by molar-refractivity contribution is -0.129. The summed E-state index contributed by atoms with van der Waals surface area (Å²) < 4.78 is 5.33. The Balaban J connectivity index is 2.37. The second kappa shape index (κ2) is 12.8. The number of nitrogens with one attached hydrogen (secondary N) is 2. The van der Waals surface area contributed by atoms with Crippen molar-refractivity contribution in [1.82, 2.24) is 15.5 Å². The van der Waals surface area contributed by atoms with E-state index in [1.165, 1.54) is 0 Å². The van der Waals surface area contributed by atoms with E-state index in [0.29, 0.717) is 24.9 Å². The number of ether oxygens (including phenoxy) is 1. The van der Waals surface area contributed by atoms with Gasteiger partial charge in [0.1, 0.15) is 0 Å². The first-order valence-corrected chi connectivity index (χ1v) is 9.23. The maximum absolute atomic E-state index is 11.9. The third-order valence-corrected chi connectivity index (χ3v) is 4.13. The molecular formula is C18H34N4O2. The number of guanidine groups is 1. The summed E-state index contributed by atoms with van der Waals surface area (Å²) in [5.41, 5.74) is 0. The van der Waals surface area contributed by atoms with Gasteiger partial charge in [-0.2, -0.15) is 0 Å². The molecule has 1 aliphatic heterocycles. The van der Waals surface area contributed by atoms with Crippen molar-refractivity contribution < 1.29 is 9.53 Å². The zero-order chi connectivity index (χ0) is 17.6. The van der Waals surface area contributed by atoms with E-state index >= 15 is 0 Å². The summed E-state index contributed by atoms with van der Waals surface area (Å²) in [6, 6.07) is 0.325. The molecule has 1 fully saturated rings. The largest absolute Gasteiger partial charge is 0.382 e. The number of hydrogen-bond acceptors (Lipinski definition) is 3. The molecule has 1 aliphatic rings. The van der Waals surface area contributed by atoms with E-state index in [9.17, 15) is 4.79 Å². The lowest BCUT2D eigenvalue weighted by Crippen LogP contribution is -2.42. The number of likely N-dealkylation sites (tertiary alicyclic amines) is 1. The van der Waals surface area contributed by atoms with Crippen LogP contribution in [0.1, 0.15) is 46.0 Å². The molecule has 0 aromatic rings. The Morgan fingerprint density at radius 1 is 1.46 bits per heavy atom. The zero-order valence-corrected chi connectivity index (χ0v) is 15.4. The lowest BCUT2D eigenvalue weighted by Gasteiger charge is -2.27. The molecule has 1 rings (SSSR count). The van der Waals surface area contributed by atoms with E-state index < -0.39 is 0 Å². The van der Waals surface area contributed by atoms with Gasteiger partial charge in [-0.05, 0) is 32.6 Å². The van der Waals surface area contributed by atoms with Crippen LogP contribution in [-0.4, -0.2) is 62.2 Å². The third-order valence-electron chi connectivity index (χ3n) is 4.13. The molecule has 6 heteroatoms. The molecule has 2 N–H and O–H groups in total. The number of hydrogen-bond donors (Lipinski definition) is 2. The van der Waals surface area contributed by atoms with E-state index in [2.05, 4.69) is 29.1 Å². The second-order valence-electron chi connectivity index (χ2n) is 5.92. The number of aliphatic imine (C=N–C) groups is 1. The minimum atomic E-state index is 0.302. The van der Waals surface area contributed by atoms with E-state index in [4.69, 9.17) is 4.74 Å². The maximum atomic E-state index is 11.9. The molecule has 0 aromatic carbocycles. The van der Waals surface area contributed by atoms with Gasteiger partial charge in [0.25, 0.3) is 0 Å². The number of nitrogens with zero attached hydrogens (tertiary/aromatic N) is 2. The maximum Gasteiger partial charge on any atom is 0.222 e. The Morgan fingerprint density at radius 3 is 2.92 bits per heavy atom. The smallest absolute Gasteiger partial charge is 0.222 e. The zero-order valence-electron chi connectivity index (χ0n) is 15.4. The van der Waals surface area contributed by atoms with Crippen LogP contribution < -0.4 is 10.6 Å². The summed E-state index contributed by atoms with van der Waals surface area (Å²) >= 11 is 0. The Bertz CT molecular complexity index is 398. The van der Waals surface area contributed by atoms with Crippen LogP contribution in [0, 0.1) is 0 Å². The van der Waals surface area contributed by atoms with Gasteiger partial charge >= 0.3 is 0 Å². The normalized spacial score (nSPS) is 16.3. The monoisotopic (exact) mass is 338 g/mol. The average Bonchev–Trinajstić information content (AvgIpc) is 3.01. The number of carbonyl (C=O) groups is 1. The number of amides is 1. The van der Waals surface area contributed by atoms with Gasteiger partial charge in [-0.3, -0.25) is 9.79 Å². The predicted octanol–water partition coefficient (Wildman–Crippen LogP) is 1.93. The molecule has 0 unspecified atom stereocenters. The summed E-state index contributed by atoms with van der Waals surface area (Å²) in [5, 5.41) is 6.59. The van der Waals surface area contributed by atoms with Crippen LogP contribution in [0.25, 0.3) is 0 Å². The predicted molar refractivity (Wildman–Crippen MR) is 99.3 cm³/mol. The standard InChI is InChI=1S/C18H34N4O2/c1-4-11-19-18(20-12-8-15-24-6-3)21-13-10-16(5-2)22-14-7-9-17(22)23/h4,16H,1,5-15H2,2-3H3,(H2,19,20,21)/t16-/m0/s1. The van der Waals surface area contributed by atoms with Crippen LogP contribution >= 0.6 is 0 Å². The van der Waals surface area contributed by atoms with Crippen molar-refractivity contribution in [3.8, 4) is 0 Å². The first-order valence-electron chi connectivity index (χ1n) is 9.23. The van der Waals surface area contributed by atoms with E-state index in [1.807, 2.05) is 17.9 Å². The van der Waals surface area contributed by atoms with Crippen molar-refractivity contribution in [2.45, 2.75) is 52.0 Å². The average molecular weight is 338 g/mol. The molecular weight excluding hydrogens is 304 g/mol. The second-order valence-corrected chi connectivity index (χ2v) is 5.92. The van der Waals surface area contributed by atoms with Gasteiger partial charge < -0.3 is 20.3 Å². The van der Waals surface area contributed by atoms with Crippen LogP contribution in [0.4, 0.5) is 0 Å². The molecule has 1 saturated heterocycles. The molecule has 1 heterocycles.